The van der Waals surface area contributed by atoms with Crippen LogP contribution in [0.4, 0.5) is 0 Å². The maximum absolute atomic E-state index is 14.3. The van der Waals surface area contributed by atoms with Gasteiger partial charge in [-0.1, -0.05) is 103 Å². The molecule has 2 heterocycles. The fourth-order valence-corrected chi connectivity index (χ4v) is 6.32. The summed E-state index contributed by atoms with van der Waals surface area (Å²) in [7, 11) is 0. The zero-order valence-electron chi connectivity index (χ0n) is 22.6. The molecule has 2 aromatic heterocycles. The Labute approximate surface area is 241 Å². The van der Waals surface area contributed by atoms with Gasteiger partial charge in [0.05, 0.1) is 22.7 Å². The molecule has 4 nitrogen and oxygen atoms in total. The highest BCUT2D eigenvalue weighted by molar-refractivity contribution is 6.23. The minimum Gasteiger partial charge on any atom is -0.268 e. The first-order valence-electron chi connectivity index (χ1n) is 14.0. The molecule has 42 heavy (non-hydrogen) atoms. The molecule has 0 saturated carbocycles. The molecule has 0 bridgehead atoms. The molecule has 4 heteroatoms. The smallest absolute Gasteiger partial charge is 0.264 e. The number of nitriles is 1. The number of rotatable bonds is 4. The molecular formula is C38H23N3O. The molecule has 8 aromatic rings. The Morgan fingerprint density at radius 2 is 1.26 bits per heavy atom. The van der Waals surface area contributed by atoms with Crippen LogP contribution in [0.5, 0.6) is 0 Å². The second kappa shape index (κ2) is 9.40. The fraction of sp³-hybridized carbons (Fsp3) is 0.0263. The molecule has 8 rings (SSSR count). The molecule has 6 aromatic carbocycles. The largest absolute Gasteiger partial charge is 0.268 e. The van der Waals surface area contributed by atoms with Crippen molar-refractivity contribution in [1.29, 1.82) is 5.26 Å². The molecule has 0 aliphatic carbocycles. The van der Waals surface area contributed by atoms with Crippen molar-refractivity contribution in [2.45, 2.75) is 6.42 Å². The summed E-state index contributed by atoms with van der Waals surface area (Å²) in [6, 6.07) is 45.1. The highest BCUT2D eigenvalue weighted by Gasteiger charge is 2.21. The van der Waals surface area contributed by atoms with Gasteiger partial charge in [0.2, 0.25) is 0 Å². The lowest BCUT2D eigenvalue weighted by Crippen LogP contribution is -2.13. The summed E-state index contributed by atoms with van der Waals surface area (Å²) >= 11 is 0. The maximum Gasteiger partial charge on any atom is 0.264 e. The molecule has 0 aliphatic rings. The third-order valence-corrected chi connectivity index (χ3v) is 8.24. The number of benzene rings is 6. The second-order valence-electron chi connectivity index (χ2n) is 10.7. The number of aromatic nitrogens is 2. The molecule has 0 spiro atoms. The standard InChI is InChI=1S/C38H23N3O/c39-23-28-22-34-33(21-27(28)20-24-10-4-1-5-11-24)40-37-31-18-16-29(25-12-6-2-7-13-25)35-30(26-14-8-3-9-15-26)17-19-32(36(31)35)38(42)41(34)37/h1-19,21-22H,20H2. The summed E-state index contributed by atoms with van der Waals surface area (Å²) in [6.45, 7) is 0. The molecule has 0 aliphatic heterocycles. The highest BCUT2D eigenvalue weighted by atomic mass is 16.1. The molecule has 0 radical (unpaired) electrons. The number of hydrogen-bond acceptors (Lipinski definition) is 3. The van der Waals surface area contributed by atoms with Crippen LogP contribution in [0.3, 0.4) is 0 Å². The van der Waals surface area contributed by atoms with Crippen molar-refractivity contribution in [3.05, 3.63) is 154 Å². The van der Waals surface area contributed by atoms with E-state index in [0.717, 1.165) is 49.5 Å². The maximum atomic E-state index is 14.3. The molecule has 0 N–H and O–H groups in total. The van der Waals surface area contributed by atoms with E-state index >= 15 is 0 Å². The van der Waals surface area contributed by atoms with Crippen molar-refractivity contribution in [2.75, 3.05) is 0 Å². The SMILES string of the molecule is N#Cc1cc2c(cc1Cc1ccccc1)nc1c3ccc(-c4ccccc4)c4c(-c5ccccc5)ccc(c(=O)n21)c43. The lowest BCUT2D eigenvalue weighted by Gasteiger charge is -2.16. The first-order valence-corrected chi connectivity index (χ1v) is 14.0. The molecule has 0 amide bonds. The Morgan fingerprint density at radius 3 is 1.88 bits per heavy atom. The van der Waals surface area contributed by atoms with Gasteiger partial charge in [0.25, 0.3) is 5.56 Å². The summed E-state index contributed by atoms with van der Waals surface area (Å²) < 4.78 is 1.68. The van der Waals surface area contributed by atoms with Gasteiger partial charge in [-0.2, -0.15) is 5.26 Å². The van der Waals surface area contributed by atoms with Gasteiger partial charge in [-0.05, 0) is 69.5 Å². The van der Waals surface area contributed by atoms with Gasteiger partial charge < -0.3 is 0 Å². The molecule has 0 atom stereocenters. The summed E-state index contributed by atoms with van der Waals surface area (Å²) in [5.41, 5.74) is 8.74. The van der Waals surface area contributed by atoms with Crippen LogP contribution in [-0.4, -0.2) is 9.38 Å². The summed E-state index contributed by atoms with van der Waals surface area (Å²) in [5.74, 6) is 0. The van der Waals surface area contributed by atoms with Crippen molar-refractivity contribution >= 4 is 38.2 Å². The predicted molar refractivity (Wildman–Crippen MR) is 170 cm³/mol. The molecule has 0 unspecified atom stereocenters. The van der Waals surface area contributed by atoms with Crippen LogP contribution < -0.4 is 5.56 Å². The first-order chi connectivity index (χ1) is 20.7. The normalized spacial score (nSPS) is 11.5. The predicted octanol–water partition coefficient (Wildman–Crippen LogP) is 8.39. The molecule has 0 saturated heterocycles. The van der Waals surface area contributed by atoms with E-state index in [1.54, 1.807) is 4.40 Å². The first kappa shape index (κ1) is 24.0. The van der Waals surface area contributed by atoms with E-state index in [0.29, 0.717) is 34.1 Å². The van der Waals surface area contributed by atoms with Crippen LogP contribution >= 0.6 is 0 Å². The number of pyridine rings is 1. The second-order valence-corrected chi connectivity index (χ2v) is 10.7. The molecular weight excluding hydrogens is 514 g/mol. The minimum atomic E-state index is -0.130. The molecule has 0 fully saturated rings. The topological polar surface area (TPSA) is 58.2 Å². The Balaban J connectivity index is 1.48. The third-order valence-electron chi connectivity index (χ3n) is 8.24. The Morgan fingerprint density at radius 1 is 0.667 bits per heavy atom. The minimum absolute atomic E-state index is 0.130. The summed E-state index contributed by atoms with van der Waals surface area (Å²) in [4.78, 5) is 19.3. The highest BCUT2D eigenvalue weighted by Crippen LogP contribution is 2.41. The van der Waals surface area contributed by atoms with Crippen molar-refractivity contribution in [3.8, 4) is 28.3 Å². The van der Waals surface area contributed by atoms with Gasteiger partial charge >= 0.3 is 0 Å². The molecule has 196 valence electrons. The summed E-state index contributed by atoms with van der Waals surface area (Å²) in [6.07, 6.45) is 0.618. The van der Waals surface area contributed by atoms with Crippen LogP contribution in [0.2, 0.25) is 0 Å². The zero-order valence-corrected chi connectivity index (χ0v) is 22.6. The van der Waals surface area contributed by atoms with Gasteiger partial charge in [-0.3, -0.25) is 9.20 Å². The summed E-state index contributed by atoms with van der Waals surface area (Å²) in [5, 5.41) is 13.6. The monoisotopic (exact) mass is 537 g/mol. The number of imidazole rings is 1. The third kappa shape index (κ3) is 3.61. The van der Waals surface area contributed by atoms with Crippen molar-refractivity contribution in [1.82, 2.24) is 9.38 Å². The van der Waals surface area contributed by atoms with E-state index in [9.17, 15) is 10.1 Å². The zero-order chi connectivity index (χ0) is 28.2. The van der Waals surface area contributed by atoms with Gasteiger partial charge in [0, 0.05) is 16.2 Å². The van der Waals surface area contributed by atoms with Gasteiger partial charge in [-0.25, -0.2) is 4.98 Å². The van der Waals surface area contributed by atoms with Crippen molar-refractivity contribution in [2.24, 2.45) is 0 Å². The number of nitrogens with zero attached hydrogens (tertiary/aromatic N) is 3. The van der Waals surface area contributed by atoms with Crippen LogP contribution in [0.15, 0.2) is 132 Å². The van der Waals surface area contributed by atoms with Gasteiger partial charge in [0.1, 0.15) is 5.65 Å². The average Bonchev–Trinajstić information content (AvgIpc) is 3.42. The average molecular weight is 538 g/mol. The fourth-order valence-electron chi connectivity index (χ4n) is 6.32. The lowest BCUT2D eigenvalue weighted by atomic mass is 9.88. The van der Waals surface area contributed by atoms with Crippen LogP contribution in [0, 0.1) is 11.3 Å². The lowest BCUT2D eigenvalue weighted by molar-refractivity contribution is 1.17. The van der Waals surface area contributed by atoms with E-state index in [2.05, 4.69) is 60.7 Å². The Kier molecular flexibility index (Phi) is 5.38. The van der Waals surface area contributed by atoms with Crippen LogP contribution in [-0.2, 0) is 6.42 Å². The van der Waals surface area contributed by atoms with E-state index in [-0.39, 0.29) is 5.56 Å². The van der Waals surface area contributed by atoms with Crippen molar-refractivity contribution in [3.63, 3.8) is 0 Å². The van der Waals surface area contributed by atoms with Crippen LogP contribution in [0.1, 0.15) is 16.7 Å². The van der Waals surface area contributed by atoms with E-state index in [4.69, 9.17) is 4.98 Å². The Hall–Kier alpha value is -5.79. The number of hydrogen-bond donors (Lipinski definition) is 0. The quantitative estimate of drug-likeness (QED) is 0.227. The van der Waals surface area contributed by atoms with Crippen molar-refractivity contribution < 1.29 is 0 Å². The van der Waals surface area contributed by atoms with E-state index in [1.807, 2.05) is 72.8 Å². The van der Waals surface area contributed by atoms with E-state index in [1.165, 1.54) is 0 Å². The number of fused-ring (bicyclic) bond motifs is 4. The van der Waals surface area contributed by atoms with Crippen LogP contribution in [0.25, 0.3) is 60.5 Å². The Bertz CT molecular complexity index is 2340. The van der Waals surface area contributed by atoms with E-state index < -0.39 is 0 Å². The van der Waals surface area contributed by atoms with Gasteiger partial charge in [0.15, 0.2) is 0 Å². The van der Waals surface area contributed by atoms with Gasteiger partial charge in [-0.15, -0.1) is 0 Å².